The summed E-state index contributed by atoms with van der Waals surface area (Å²) < 4.78 is 0. The minimum absolute atomic E-state index is 0.0387. The Bertz CT molecular complexity index is 466. The Morgan fingerprint density at radius 1 is 0.867 bits per heavy atom. The topological polar surface area (TPSA) is 0 Å². The van der Waals surface area contributed by atoms with Crippen LogP contribution in [0.1, 0.15) is 0 Å². The van der Waals surface area contributed by atoms with Crippen LogP contribution in [0, 0.1) is 0 Å². The van der Waals surface area contributed by atoms with Gasteiger partial charge >= 0.3 is 96.3 Å². The van der Waals surface area contributed by atoms with Crippen molar-refractivity contribution in [1.82, 2.24) is 0 Å². The third kappa shape index (κ3) is 2.72. The Morgan fingerprint density at radius 3 is 2.27 bits per heavy atom. The SMILES string of the molecule is [CH3][Cr]([CH3])([CH3])[SiH2]c1cccc2ccccc12. The molecular formula is C13H18CrSi. The molecule has 2 aromatic rings. The average molecular weight is 254 g/mol. The molecule has 80 valence electrons. The van der Waals surface area contributed by atoms with Gasteiger partial charge in [0.05, 0.1) is 0 Å². The van der Waals surface area contributed by atoms with Crippen LogP contribution in [0.25, 0.3) is 10.8 Å². The molecule has 0 nitrogen and oxygen atoms in total. The predicted octanol–water partition coefficient (Wildman–Crippen LogP) is 2.85. The molecular weight excluding hydrogens is 236 g/mol. The summed E-state index contributed by atoms with van der Waals surface area (Å²) in [5, 5.41) is 4.57. The van der Waals surface area contributed by atoms with E-state index in [9.17, 15) is 0 Å². The second kappa shape index (κ2) is 4.14. The van der Waals surface area contributed by atoms with Gasteiger partial charge in [0.15, 0.2) is 0 Å². The molecule has 0 aliphatic heterocycles. The van der Waals surface area contributed by atoms with Gasteiger partial charge in [0.25, 0.3) is 0 Å². The number of rotatable bonds is 2. The second-order valence-corrected chi connectivity index (χ2v) is 20.9. The van der Waals surface area contributed by atoms with E-state index in [2.05, 4.69) is 59.8 Å². The zero-order valence-corrected chi connectivity index (χ0v) is 12.3. The van der Waals surface area contributed by atoms with Gasteiger partial charge in [-0.1, -0.05) is 0 Å². The summed E-state index contributed by atoms with van der Waals surface area (Å²) in [5.74, 6) is 7.51. The number of hydrogen-bond donors (Lipinski definition) is 0. The summed E-state index contributed by atoms with van der Waals surface area (Å²) >= 11 is -1.05. The molecule has 15 heavy (non-hydrogen) atoms. The Labute approximate surface area is 96.3 Å². The van der Waals surface area contributed by atoms with Gasteiger partial charge in [0.2, 0.25) is 0 Å². The second-order valence-electron chi connectivity index (χ2n) is 4.87. The number of hydrogen-bond acceptors (Lipinski definition) is 0. The van der Waals surface area contributed by atoms with Crippen molar-refractivity contribution in [2.75, 3.05) is 0 Å². The molecule has 0 saturated heterocycles. The quantitative estimate of drug-likeness (QED) is 0.723. The molecule has 2 aromatic carbocycles. The molecule has 0 spiro atoms. The standard InChI is InChI=1S/C10H9Si.3CH3.Cr/c11-10-7-3-5-8-4-1-2-6-9(8)10;;;;/h1-7H,11H2;3*1H3;. The molecule has 2 heteroatoms. The van der Waals surface area contributed by atoms with Crippen molar-refractivity contribution < 1.29 is 12.4 Å². The molecule has 2 rings (SSSR count). The first-order valence-electron chi connectivity index (χ1n) is 5.19. The Hall–Kier alpha value is -0.551. The van der Waals surface area contributed by atoms with Crippen LogP contribution in [0.2, 0.25) is 17.4 Å². The van der Waals surface area contributed by atoms with Crippen LogP contribution in [-0.4, -0.2) is 8.08 Å². The van der Waals surface area contributed by atoms with Crippen LogP contribution in [-0.2, 0) is 12.4 Å². The predicted molar refractivity (Wildman–Crippen MR) is 69.7 cm³/mol. The van der Waals surface area contributed by atoms with Crippen LogP contribution in [0.4, 0.5) is 0 Å². The molecule has 0 bridgehead atoms. The van der Waals surface area contributed by atoms with E-state index < -0.39 is 12.4 Å². The summed E-state index contributed by atoms with van der Waals surface area (Å²) in [5.41, 5.74) is 0. The molecule has 0 amide bonds. The van der Waals surface area contributed by atoms with Crippen molar-refractivity contribution in [3.63, 3.8) is 0 Å². The molecule has 0 aliphatic rings. The summed E-state index contributed by atoms with van der Waals surface area (Å²) in [6, 6.07) is 15.6. The van der Waals surface area contributed by atoms with E-state index >= 15 is 0 Å². The van der Waals surface area contributed by atoms with Crippen molar-refractivity contribution in [2.45, 2.75) is 17.4 Å². The van der Waals surface area contributed by atoms with Crippen molar-refractivity contribution in [2.24, 2.45) is 0 Å². The summed E-state index contributed by atoms with van der Waals surface area (Å²) in [4.78, 5) is 0. The van der Waals surface area contributed by atoms with Crippen molar-refractivity contribution >= 4 is 24.0 Å². The van der Waals surface area contributed by atoms with Gasteiger partial charge in [-0.05, 0) is 0 Å². The van der Waals surface area contributed by atoms with E-state index in [1.807, 2.05) is 0 Å². The van der Waals surface area contributed by atoms with Crippen LogP contribution in [0.15, 0.2) is 42.5 Å². The van der Waals surface area contributed by atoms with E-state index in [0.717, 1.165) is 0 Å². The molecule has 0 atom stereocenters. The molecule has 0 radical (unpaired) electrons. The van der Waals surface area contributed by atoms with Crippen molar-refractivity contribution in [3.05, 3.63) is 42.5 Å². The third-order valence-corrected chi connectivity index (χ3v) is 9.78. The fourth-order valence-electron chi connectivity index (χ4n) is 1.88. The minimum atomic E-state index is -1.05. The molecule has 0 unspecified atom stereocenters. The van der Waals surface area contributed by atoms with Crippen LogP contribution >= 0.6 is 0 Å². The maximum atomic E-state index is 2.50. The normalized spacial score (nSPS) is 13.8. The Kier molecular flexibility index (Phi) is 3.02. The number of benzene rings is 2. The van der Waals surface area contributed by atoms with Gasteiger partial charge < -0.3 is 0 Å². The van der Waals surface area contributed by atoms with Crippen LogP contribution < -0.4 is 5.19 Å². The van der Waals surface area contributed by atoms with E-state index in [4.69, 9.17) is 0 Å². The molecule has 0 fully saturated rings. The average Bonchev–Trinajstić information content (AvgIpc) is 2.16. The van der Waals surface area contributed by atoms with Gasteiger partial charge in [-0.2, -0.15) is 0 Å². The zero-order valence-electron chi connectivity index (χ0n) is 9.66. The van der Waals surface area contributed by atoms with Gasteiger partial charge in [0.1, 0.15) is 0 Å². The molecule has 0 heterocycles. The first-order valence-corrected chi connectivity index (χ1v) is 13.0. The Balaban J connectivity index is 2.52. The number of fused-ring (bicyclic) bond motifs is 1. The van der Waals surface area contributed by atoms with Gasteiger partial charge in [0, 0.05) is 0 Å². The van der Waals surface area contributed by atoms with E-state index in [0.29, 0.717) is 0 Å². The molecule has 0 N–H and O–H groups in total. The van der Waals surface area contributed by atoms with Crippen molar-refractivity contribution in [3.8, 4) is 0 Å². The van der Waals surface area contributed by atoms with E-state index in [-0.39, 0.29) is 8.08 Å². The zero-order chi connectivity index (χ0) is 10.9. The summed E-state index contributed by atoms with van der Waals surface area (Å²) in [6.07, 6.45) is 0. The molecule has 0 aromatic heterocycles. The van der Waals surface area contributed by atoms with Crippen LogP contribution in [0.3, 0.4) is 0 Å². The van der Waals surface area contributed by atoms with E-state index in [1.165, 1.54) is 10.8 Å². The first kappa shape index (κ1) is 11.0. The Morgan fingerprint density at radius 2 is 1.53 bits per heavy atom. The maximum absolute atomic E-state index is 2.50. The summed E-state index contributed by atoms with van der Waals surface area (Å²) in [6.45, 7) is 0. The fourth-order valence-corrected chi connectivity index (χ4v) is 9.08. The third-order valence-electron chi connectivity index (χ3n) is 2.47. The first-order chi connectivity index (χ1) is 7.06. The monoisotopic (exact) mass is 254 g/mol. The van der Waals surface area contributed by atoms with Gasteiger partial charge in [-0.3, -0.25) is 0 Å². The van der Waals surface area contributed by atoms with Gasteiger partial charge in [-0.25, -0.2) is 0 Å². The van der Waals surface area contributed by atoms with Crippen LogP contribution in [0.5, 0.6) is 0 Å². The summed E-state index contributed by atoms with van der Waals surface area (Å²) in [7, 11) is -0.0387. The molecule has 0 saturated carbocycles. The van der Waals surface area contributed by atoms with Gasteiger partial charge in [-0.15, -0.1) is 0 Å². The van der Waals surface area contributed by atoms with E-state index in [1.54, 1.807) is 5.19 Å². The molecule has 0 aliphatic carbocycles. The fraction of sp³-hybridized carbons (Fsp3) is 0.231. The van der Waals surface area contributed by atoms with Crippen molar-refractivity contribution in [1.29, 1.82) is 0 Å².